The van der Waals surface area contributed by atoms with E-state index in [2.05, 4.69) is 25.1 Å². The van der Waals surface area contributed by atoms with Crippen LogP contribution in [0.1, 0.15) is 41.9 Å². The Labute approximate surface area is 91.4 Å². The van der Waals surface area contributed by atoms with Crippen molar-refractivity contribution in [1.82, 2.24) is 0 Å². The molecule has 80 valence electrons. The van der Waals surface area contributed by atoms with Crippen molar-refractivity contribution in [2.75, 3.05) is 0 Å². The molecule has 1 N–H and O–H groups in total. The van der Waals surface area contributed by atoms with Crippen molar-refractivity contribution in [2.24, 2.45) is 0 Å². The summed E-state index contributed by atoms with van der Waals surface area (Å²) in [6.07, 6.45) is 8.03. The van der Waals surface area contributed by atoms with Crippen LogP contribution in [0.25, 0.3) is 0 Å². The lowest BCUT2D eigenvalue weighted by molar-refractivity contribution is 0.457. The number of aromatic hydroxyl groups is 1. The molecule has 1 nitrogen and oxygen atoms in total. The maximum Gasteiger partial charge on any atom is 0.122 e. The Morgan fingerprint density at radius 3 is 2.73 bits per heavy atom. The number of benzene rings is 1. The molecule has 0 aliphatic heterocycles. The van der Waals surface area contributed by atoms with E-state index >= 15 is 0 Å². The Morgan fingerprint density at radius 1 is 1.27 bits per heavy atom. The lowest BCUT2D eigenvalue weighted by Gasteiger charge is -2.19. The van der Waals surface area contributed by atoms with Crippen LogP contribution in [0.15, 0.2) is 24.3 Å². The first-order valence-corrected chi connectivity index (χ1v) is 5.65. The van der Waals surface area contributed by atoms with E-state index < -0.39 is 0 Å². The second-order valence-corrected chi connectivity index (χ2v) is 4.49. The van der Waals surface area contributed by atoms with Crippen molar-refractivity contribution in [2.45, 2.75) is 39.0 Å². The van der Waals surface area contributed by atoms with Crippen LogP contribution >= 0.6 is 0 Å². The molecule has 0 bridgehead atoms. The summed E-state index contributed by atoms with van der Waals surface area (Å²) in [4.78, 5) is 0. The lowest BCUT2D eigenvalue weighted by Crippen LogP contribution is -2.01. The highest BCUT2D eigenvalue weighted by molar-refractivity contribution is 5.46. The highest BCUT2D eigenvalue weighted by Crippen LogP contribution is 2.35. The number of hydrogen-bond donors (Lipinski definition) is 1. The van der Waals surface area contributed by atoms with Gasteiger partial charge in [-0.3, -0.25) is 0 Å². The second kappa shape index (κ2) is 4.09. The summed E-state index contributed by atoms with van der Waals surface area (Å²) in [5.41, 5.74) is 3.33. The fourth-order valence-electron chi connectivity index (χ4n) is 2.35. The van der Waals surface area contributed by atoms with E-state index in [9.17, 15) is 5.11 Å². The quantitative estimate of drug-likeness (QED) is 0.686. The van der Waals surface area contributed by atoms with Crippen molar-refractivity contribution in [1.29, 1.82) is 0 Å². The molecule has 15 heavy (non-hydrogen) atoms. The smallest absolute Gasteiger partial charge is 0.122 e. The summed E-state index contributed by atoms with van der Waals surface area (Å²) >= 11 is 0. The summed E-state index contributed by atoms with van der Waals surface area (Å²) in [7, 11) is 0. The third-order valence-electron chi connectivity index (χ3n) is 3.13. The van der Waals surface area contributed by atoms with Crippen LogP contribution in [0.5, 0.6) is 5.75 Å². The number of rotatable bonds is 1. The van der Waals surface area contributed by atoms with E-state index in [1.807, 2.05) is 13.0 Å². The summed E-state index contributed by atoms with van der Waals surface area (Å²) < 4.78 is 0. The van der Waals surface area contributed by atoms with Gasteiger partial charge in [-0.25, -0.2) is 0 Å². The standard InChI is InChI=1S/C14H18O/c1-10-8-11(2)14(15)13(9-10)12-6-4-3-5-7-12/h4,6,8-9,12,15H,3,5,7H2,1-2H3. The van der Waals surface area contributed by atoms with Gasteiger partial charge < -0.3 is 5.11 Å². The van der Waals surface area contributed by atoms with E-state index in [1.54, 1.807) is 0 Å². The molecule has 0 radical (unpaired) electrons. The van der Waals surface area contributed by atoms with Crippen LogP contribution in [0.2, 0.25) is 0 Å². The van der Waals surface area contributed by atoms with E-state index in [0.717, 1.165) is 17.5 Å². The van der Waals surface area contributed by atoms with Gasteiger partial charge in [-0.1, -0.05) is 29.8 Å². The molecule has 0 saturated heterocycles. The van der Waals surface area contributed by atoms with Crippen molar-refractivity contribution >= 4 is 0 Å². The van der Waals surface area contributed by atoms with Gasteiger partial charge in [0.05, 0.1) is 0 Å². The largest absolute Gasteiger partial charge is 0.507 e. The van der Waals surface area contributed by atoms with Crippen LogP contribution in [-0.2, 0) is 0 Å². The van der Waals surface area contributed by atoms with Crippen LogP contribution in [0.3, 0.4) is 0 Å². The highest BCUT2D eigenvalue weighted by atomic mass is 16.3. The normalized spacial score (nSPS) is 20.5. The minimum absolute atomic E-state index is 0.414. The molecule has 1 aliphatic carbocycles. The molecule has 0 saturated carbocycles. The van der Waals surface area contributed by atoms with Crippen molar-refractivity contribution in [3.63, 3.8) is 0 Å². The average Bonchev–Trinajstić information content (AvgIpc) is 2.24. The summed E-state index contributed by atoms with van der Waals surface area (Å²) in [6.45, 7) is 4.06. The average molecular weight is 202 g/mol. The topological polar surface area (TPSA) is 20.2 Å². The van der Waals surface area contributed by atoms with Crippen molar-refractivity contribution in [3.05, 3.63) is 41.0 Å². The summed E-state index contributed by atoms with van der Waals surface area (Å²) in [6, 6.07) is 4.15. The molecule has 1 atom stereocenters. The number of aryl methyl sites for hydroxylation is 2. The molecule has 0 fully saturated rings. The van der Waals surface area contributed by atoms with Gasteiger partial charge in [0.15, 0.2) is 0 Å². The SMILES string of the molecule is Cc1cc(C)c(O)c(C2C=CCCC2)c1. The Hall–Kier alpha value is -1.24. The van der Waals surface area contributed by atoms with Crippen LogP contribution in [0.4, 0.5) is 0 Å². The minimum Gasteiger partial charge on any atom is -0.507 e. The first-order chi connectivity index (χ1) is 7.18. The molecule has 1 heteroatoms. The first-order valence-electron chi connectivity index (χ1n) is 5.65. The van der Waals surface area contributed by atoms with Gasteiger partial charge in [0, 0.05) is 11.5 Å². The first kappa shape index (κ1) is 10.3. The van der Waals surface area contributed by atoms with Gasteiger partial charge in [-0.2, -0.15) is 0 Å². The van der Waals surface area contributed by atoms with Crippen LogP contribution in [0, 0.1) is 13.8 Å². The van der Waals surface area contributed by atoms with Crippen LogP contribution < -0.4 is 0 Å². The molecule has 1 aromatic carbocycles. The fourth-order valence-corrected chi connectivity index (χ4v) is 2.35. The zero-order chi connectivity index (χ0) is 10.8. The minimum atomic E-state index is 0.414. The molecular weight excluding hydrogens is 184 g/mol. The summed E-state index contributed by atoms with van der Waals surface area (Å²) in [5, 5.41) is 10.0. The van der Waals surface area contributed by atoms with E-state index in [0.29, 0.717) is 11.7 Å². The Morgan fingerprint density at radius 2 is 2.07 bits per heavy atom. The monoisotopic (exact) mass is 202 g/mol. The number of phenols is 1. The predicted molar refractivity (Wildman–Crippen MR) is 63.3 cm³/mol. The zero-order valence-electron chi connectivity index (χ0n) is 9.46. The predicted octanol–water partition coefficient (Wildman–Crippen LogP) is 3.83. The fraction of sp³-hybridized carbons (Fsp3) is 0.429. The molecule has 0 heterocycles. The Balaban J connectivity index is 2.42. The molecule has 1 aromatic rings. The molecular formula is C14H18O. The lowest BCUT2D eigenvalue weighted by atomic mass is 9.87. The number of allylic oxidation sites excluding steroid dienone is 2. The third-order valence-corrected chi connectivity index (χ3v) is 3.13. The van der Waals surface area contributed by atoms with Crippen molar-refractivity contribution < 1.29 is 5.11 Å². The van der Waals surface area contributed by atoms with Crippen LogP contribution in [-0.4, -0.2) is 5.11 Å². The van der Waals surface area contributed by atoms with E-state index in [1.165, 1.54) is 18.4 Å². The van der Waals surface area contributed by atoms with Gasteiger partial charge in [-0.05, 0) is 38.7 Å². The van der Waals surface area contributed by atoms with E-state index in [-0.39, 0.29) is 0 Å². The van der Waals surface area contributed by atoms with Gasteiger partial charge in [0.25, 0.3) is 0 Å². The Kier molecular flexibility index (Phi) is 2.81. The molecule has 2 rings (SSSR count). The van der Waals surface area contributed by atoms with Gasteiger partial charge >= 0.3 is 0 Å². The zero-order valence-corrected chi connectivity index (χ0v) is 9.46. The molecule has 0 spiro atoms. The molecule has 1 unspecified atom stereocenters. The summed E-state index contributed by atoms with van der Waals surface area (Å²) in [5.74, 6) is 0.898. The van der Waals surface area contributed by atoms with E-state index in [4.69, 9.17) is 0 Å². The highest BCUT2D eigenvalue weighted by Gasteiger charge is 2.16. The number of hydrogen-bond acceptors (Lipinski definition) is 1. The second-order valence-electron chi connectivity index (χ2n) is 4.49. The van der Waals surface area contributed by atoms with Crippen molar-refractivity contribution in [3.8, 4) is 5.75 Å². The molecule has 1 aliphatic rings. The maximum absolute atomic E-state index is 10.0. The Bertz CT molecular complexity index is 391. The molecule has 0 amide bonds. The molecule has 0 aromatic heterocycles. The van der Waals surface area contributed by atoms with Gasteiger partial charge in [0.2, 0.25) is 0 Å². The van der Waals surface area contributed by atoms with Gasteiger partial charge in [-0.15, -0.1) is 0 Å². The number of phenolic OH excluding ortho intramolecular Hbond substituents is 1. The van der Waals surface area contributed by atoms with Gasteiger partial charge in [0.1, 0.15) is 5.75 Å². The third kappa shape index (κ3) is 2.06. The maximum atomic E-state index is 10.0.